The van der Waals surface area contributed by atoms with Crippen molar-refractivity contribution in [3.8, 4) is 0 Å². The summed E-state index contributed by atoms with van der Waals surface area (Å²) >= 11 is 0. The number of nitrogens with one attached hydrogen (secondary N) is 1. The molecule has 5 nitrogen and oxygen atoms in total. The first-order valence-electron chi connectivity index (χ1n) is 8.61. The quantitative estimate of drug-likeness (QED) is 0.798. The van der Waals surface area contributed by atoms with Gasteiger partial charge in [-0.2, -0.15) is 9.61 Å². The lowest BCUT2D eigenvalue weighted by Crippen LogP contribution is -2.17. The molecule has 0 spiro atoms. The predicted octanol–water partition coefficient (Wildman–Crippen LogP) is 3.56. The molecule has 4 rings (SSSR count). The summed E-state index contributed by atoms with van der Waals surface area (Å²) in [5, 5.41) is 8.05. The van der Waals surface area contributed by atoms with Crippen molar-refractivity contribution in [1.29, 1.82) is 0 Å². The minimum Gasteiger partial charge on any atom is -0.372 e. The third kappa shape index (κ3) is 2.94. The summed E-state index contributed by atoms with van der Waals surface area (Å²) < 4.78 is 1.88. The number of rotatable bonds is 4. The van der Waals surface area contributed by atoms with Gasteiger partial charge in [0.05, 0.1) is 5.69 Å². The Morgan fingerprint density at radius 1 is 1.04 bits per heavy atom. The van der Waals surface area contributed by atoms with Crippen LogP contribution in [0.4, 0.5) is 11.5 Å². The van der Waals surface area contributed by atoms with Gasteiger partial charge in [-0.05, 0) is 44.4 Å². The van der Waals surface area contributed by atoms with E-state index in [0.717, 1.165) is 29.4 Å². The van der Waals surface area contributed by atoms with Crippen LogP contribution in [0.5, 0.6) is 0 Å². The standard InChI is InChI=1S/C19H23N5/c1-14-10-18(24-19(21-14)11-15(2)22-24)20-13-16-6-5-7-17(12-16)23-8-3-4-9-23/h5-7,10-12,20H,3-4,8-9,13H2,1-2H3. The molecule has 3 heterocycles. The molecule has 1 fully saturated rings. The van der Waals surface area contributed by atoms with Crippen molar-refractivity contribution in [3.05, 3.63) is 53.3 Å². The number of hydrogen-bond donors (Lipinski definition) is 1. The average Bonchev–Trinajstić information content (AvgIpc) is 3.21. The Kier molecular flexibility index (Phi) is 3.84. The van der Waals surface area contributed by atoms with Crippen LogP contribution in [0.25, 0.3) is 5.65 Å². The van der Waals surface area contributed by atoms with Gasteiger partial charge in [-0.15, -0.1) is 0 Å². The van der Waals surface area contributed by atoms with E-state index in [0.29, 0.717) is 0 Å². The number of fused-ring (bicyclic) bond motifs is 1. The van der Waals surface area contributed by atoms with Gasteiger partial charge in [-0.25, -0.2) is 4.98 Å². The zero-order valence-corrected chi connectivity index (χ0v) is 14.3. The Morgan fingerprint density at radius 2 is 1.88 bits per heavy atom. The highest BCUT2D eigenvalue weighted by Gasteiger charge is 2.12. The highest BCUT2D eigenvalue weighted by molar-refractivity contribution is 5.52. The Labute approximate surface area is 142 Å². The molecule has 5 heteroatoms. The maximum absolute atomic E-state index is 4.53. The molecule has 1 N–H and O–H groups in total. The monoisotopic (exact) mass is 321 g/mol. The Morgan fingerprint density at radius 3 is 2.71 bits per heavy atom. The first-order valence-corrected chi connectivity index (χ1v) is 8.61. The van der Waals surface area contributed by atoms with Crippen LogP contribution in [-0.4, -0.2) is 27.7 Å². The van der Waals surface area contributed by atoms with Crippen molar-refractivity contribution in [2.75, 3.05) is 23.3 Å². The van der Waals surface area contributed by atoms with Gasteiger partial charge >= 0.3 is 0 Å². The first-order chi connectivity index (χ1) is 11.7. The summed E-state index contributed by atoms with van der Waals surface area (Å²) in [5.41, 5.74) is 5.48. The van der Waals surface area contributed by atoms with E-state index in [1.54, 1.807) is 0 Å². The first kappa shape index (κ1) is 15.0. The van der Waals surface area contributed by atoms with Crippen molar-refractivity contribution in [2.45, 2.75) is 33.2 Å². The van der Waals surface area contributed by atoms with Gasteiger partial charge in [-0.3, -0.25) is 0 Å². The van der Waals surface area contributed by atoms with E-state index in [1.165, 1.54) is 37.2 Å². The lowest BCUT2D eigenvalue weighted by atomic mass is 10.2. The molecular formula is C19H23N5. The predicted molar refractivity (Wildman–Crippen MR) is 97.7 cm³/mol. The van der Waals surface area contributed by atoms with E-state index in [4.69, 9.17) is 0 Å². The van der Waals surface area contributed by atoms with Gasteiger partial charge < -0.3 is 10.2 Å². The van der Waals surface area contributed by atoms with Gasteiger partial charge in [0.25, 0.3) is 0 Å². The smallest absolute Gasteiger partial charge is 0.157 e. The summed E-state index contributed by atoms with van der Waals surface area (Å²) in [6.07, 6.45) is 2.60. The van der Waals surface area contributed by atoms with Gasteiger partial charge in [0, 0.05) is 43.1 Å². The molecule has 0 radical (unpaired) electrons. The van der Waals surface area contributed by atoms with Crippen LogP contribution < -0.4 is 10.2 Å². The number of anilines is 2. The highest BCUT2D eigenvalue weighted by Crippen LogP contribution is 2.22. The van der Waals surface area contributed by atoms with E-state index < -0.39 is 0 Å². The summed E-state index contributed by atoms with van der Waals surface area (Å²) in [5.74, 6) is 0.983. The minimum atomic E-state index is 0.777. The molecule has 0 atom stereocenters. The molecule has 24 heavy (non-hydrogen) atoms. The third-order valence-corrected chi connectivity index (χ3v) is 4.53. The Hall–Kier alpha value is -2.56. The van der Waals surface area contributed by atoms with Crippen molar-refractivity contribution < 1.29 is 0 Å². The molecule has 0 saturated carbocycles. The molecule has 1 aromatic carbocycles. The fraction of sp³-hybridized carbons (Fsp3) is 0.368. The van der Waals surface area contributed by atoms with Crippen LogP contribution in [0.3, 0.4) is 0 Å². The minimum absolute atomic E-state index is 0.777. The van der Waals surface area contributed by atoms with E-state index in [2.05, 4.69) is 44.6 Å². The van der Waals surface area contributed by atoms with E-state index >= 15 is 0 Å². The molecule has 1 aliphatic rings. The van der Waals surface area contributed by atoms with Crippen LogP contribution in [0.1, 0.15) is 29.8 Å². The molecule has 0 aliphatic carbocycles. The molecule has 3 aromatic rings. The van der Waals surface area contributed by atoms with Crippen molar-refractivity contribution in [1.82, 2.24) is 14.6 Å². The zero-order chi connectivity index (χ0) is 16.5. The molecule has 1 saturated heterocycles. The van der Waals surface area contributed by atoms with E-state index in [-0.39, 0.29) is 0 Å². The number of nitrogens with zero attached hydrogens (tertiary/aromatic N) is 4. The second-order valence-corrected chi connectivity index (χ2v) is 6.56. The summed E-state index contributed by atoms with van der Waals surface area (Å²) in [6.45, 7) is 7.13. The molecule has 124 valence electrons. The largest absolute Gasteiger partial charge is 0.372 e. The third-order valence-electron chi connectivity index (χ3n) is 4.53. The zero-order valence-electron chi connectivity index (χ0n) is 14.3. The van der Waals surface area contributed by atoms with Crippen LogP contribution in [0.2, 0.25) is 0 Å². The summed E-state index contributed by atoms with van der Waals surface area (Å²) in [7, 11) is 0. The van der Waals surface area contributed by atoms with E-state index in [1.807, 2.05) is 30.5 Å². The fourth-order valence-electron chi connectivity index (χ4n) is 3.37. The normalized spacial score (nSPS) is 14.5. The average molecular weight is 321 g/mol. The summed E-state index contributed by atoms with van der Waals surface area (Å²) in [6, 6.07) is 12.9. The number of hydrogen-bond acceptors (Lipinski definition) is 4. The molecule has 2 aromatic heterocycles. The molecule has 0 unspecified atom stereocenters. The molecule has 0 amide bonds. The highest BCUT2D eigenvalue weighted by atomic mass is 15.3. The maximum Gasteiger partial charge on any atom is 0.157 e. The van der Waals surface area contributed by atoms with Crippen LogP contribution >= 0.6 is 0 Å². The Bertz CT molecular complexity index is 861. The fourth-order valence-corrected chi connectivity index (χ4v) is 3.37. The summed E-state index contributed by atoms with van der Waals surface area (Å²) in [4.78, 5) is 7.00. The van der Waals surface area contributed by atoms with Gasteiger partial charge in [0.2, 0.25) is 0 Å². The topological polar surface area (TPSA) is 45.5 Å². The van der Waals surface area contributed by atoms with Crippen LogP contribution in [0.15, 0.2) is 36.4 Å². The van der Waals surface area contributed by atoms with Crippen molar-refractivity contribution in [2.24, 2.45) is 0 Å². The SMILES string of the molecule is Cc1cc(NCc2cccc(N3CCCC3)c2)n2nc(C)cc2n1. The van der Waals surface area contributed by atoms with Crippen LogP contribution in [0, 0.1) is 13.8 Å². The van der Waals surface area contributed by atoms with Gasteiger partial charge in [-0.1, -0.05) is 12.1 Å². The molecular weight excluding hydrogens is 298 g/mol. The number of benzene rings is 1. The number of aromatic nitrogens is 3. The van der Waals surface area contributed by atoms with Gasteiger partial charge in [0.1, 0.15) is 5.82 Å². The lowest BCUT2D eigenvalue weighted by Gasteiger charge is -2.18. The molecule has 0 bridgehead atoms. The van der Waals surface area contributed by atoms with Crippen LogP contribution in [-0.2, 0) is 6.54 Å². The number of aryl methyl sites for hydroxylation is 2. The second kappa shape index (κ2) is 6.15. The lowest BCUT2D eigenvalue weighted by molar-refractivity contribution is 0.899. The maximum atomic E-state index is 4.53. The molecule has 1 aliphatic heterocycles. The van der Waals surface area contributed by atoms with Crippen molar-refractivity contribution in [3.63, 3.8) is 0 Å². The Balaban J connectivity index is 1.56. The van der Waals surface area contributed by atoms with Crippen molar-refractivity contribution >= 4 is 17.2 Å². The second-order valence-electron chi connectivity index (χ2n) is 6.56. The van der Waals surface area contributed by atoms with Gasteiger partial charge in [0.15, 0.2) is 5.65 Å². The van der Waals surface area contributed by atoms with E-state index in [9.17, 15) is 0 Å².